The first kappa shape index (κ1) is 15.3. The van der Waals surface area contributed by atoms with E-state index >= 15 is 0 Å². The van der Waals surface area contributed by atoms with Crippen LogP contribution in [0.1, 0.15) is 29.4 Å². The molecule has 0 spiro atoms. The lowest BCUT2D eigenvalue weighted by Crippen LogP contribution is -2.16. The molecule has 0 fully saturated rings. The molecular formula is C16H23N5. The van der Waals surface area contributed by atoms with Crippen molar-refractivity contribution in [3.05, 3.63) is 46.8 Å². The number of aryl methyl sites for hydroxylation is 2. The van der Waals surface area contributed by atoms with Crippen LogP contribution in [-0.2, 0) is 12.8 Å². The van der Waals surface area contributed by atoms with Crippen molar-refractivity contribution in [3.8, 4) is 0 Å². The molecule has 0 saturated carbocycles. The second-order valence-electron chi connectivity index (χ2n) is 5.06. The Morgan fingerprint density at radius 2 is 1.81 bits per heavy atom. The van der Waals surface area contributed by atoms with Gasteiger partial charge in [0.2, 0.25) is 0 Å². The molecule has 5 nitrogen and oxygen atoms in total. The van der Waals surface area contributed by atoms with E-state index in [9.17, 15) is 0 Å². The summed E-state index contributed by atoms with van der Waals surface area (Å²) in [6.45, 7) is 6.96. The second-order valence-corrected chi connectivity index (χ2v) is 5.06. The molecule has 0 bridgehead atoms. The summed E-state index contributed by atoms with van der Waals surface area (Å²) in [4.78, 5) is 8.90. The summed E-state index contributed by atoms with van der Waals surface area (Å²) >= 11 is 0. The number of hydrazine groups is 1. The zero-order valence-corrected chi connectivity index (χ0v) is 12.9. The van der Waals surface area contributed by atoms with Crippen LogP contribution >= 0.6 is 0 Å². The predicted octanol–water partition coefficient (Wildman–Crippen LogP) is 2.60. The van der Waals surface area contributed by atoms with E-state index in [-0.39, 0.29) is 0 Å². The molecular weight excluding hydrogens is 262 g/mol. The molecule has 0 atom stereocenters. The maximum Gasteiger partial charge on any atom is 0.148 e. The monoisotopic (exact) mass is 285 g/mol. The molecule has 1 aromatic carbocycles. The van der Waals surface area contributed by atoms with Crippen molar-refractivity contribution in [1.82, 2.24) is 9.97 Å². The molecule has 1 aromatic heterocycles. The SMILES string of the molecule is CCc1nc(NN)c(C)c(NCCc2ccccc2C)n1. The van der Waals surface area contributed by atoms with Crippen molar-refractivity contribution in [3.63, 3.8) is 0 Å². The highest BCUT2D eigenvalue weighted by atomic mass is 15.3. The molecule has 0 aliphatic carbocycles. The zero-order valence-electron chi connectivity index (χ0n) is 12.9. The molecule has 0 unspecified atom stereocenters. The summed E-state index contributed by atoms with van der Waals surface area (Å²) < 4.78 is 0. The fraction of sp³-hybridized carbons (Fsp3) is 0.375. The highest BCUT2D eigenvalue weighted by Crippen LogP contribution is 2.19. The number of benzene rings is 1. The summed E-state index contributed by atoms with van der Waals surface area (Å²) in [5.41, 5.74) is 6.25. The van der Waals surface area contributed by atoms with Gasteiger partial charge in [0.05, 0.1) is 0 Å². The Kier molecular flexibility index (Phi) is 5.11. The van der Waals surface area contributed by atoms with Crippen LogP contribution in [0.15, 0.2) is 24.3 Å². The molecule has 0 saturated heterocycles. The average molecular weight is 285 g/mol. The Labute approximate surface area is 126 Å². The number of nitrogens with two attached hydrogens (primary N) is 1. The Morgan fingerprint density at radius 3 is 2.48 bits per heavy atom. The first-order valence-electron chi connectivity index (χ1n) is 7.28. The van der Waals surface area contributed by atoms with Gasteiger partial charge in [0.25, 0.3) is 0 Å². The molecule has 4 N–H and O–H groups in total. The van der Waals surface area contributed by atoms with Crippen LogP contribution in [0.25, 0.3) is 0 Å². The molecule has 1 heterocycles. The molecule has 0 aliphatic rings. The molecule has 2 rings (SSSR count). The lowest BCUT2D eigenvalue weighted by atomic mass is 10.1. The number of nitrogens with one attached hydrogen (secondary N) is 2. The molecule has 0 aliphatic heterocycles. The van der Waals surface area contributed by atoms with Gasteiger partial charge < -0.3 is 10.7 Å². The van der Waals surface area contributed by atoms with Crippen molar-refractivity contribution in [2.24, 2.45) is 5.84 Å². The molecule has 0 radical (unpaired) electrons. The van der Waals surface area contributed by atoms with Crippen molar-refractivity contribution < 1.29 is 0 Å². The first-order chi connectivity index (χ1) is 10.2. The Balaban J connectivity index is 2.08. The molecule has 21 heavy (non-hydrogen) atoms. The van der Waals surface area contributed by atoms with Gasteiger partial charge in [-0.25, -0.2) is 15.8 Å². The van der Waals surface area contributed by atoms with Crippen LogP contribution in [0.2, 0.25) is 0 Å². The van der Waals surface area contributed by atoms with E-state index < -0.39 is 0 Å². The maximum atomic E-state index is 5.51. The number of anilines is 2. The third kappa shape index (κ3) is 3.70. The van der Waals surface area contributed by atoms with E-state index in [1.165, 1.54) is 11.1 Å². The van der Waals surface area contributed by atoms with Gasteiger partial charge in [-0.3, -0.25) is 0 Å². The van der Waals surface area contributed by atoms with E-state index in [1.54, 1.807) is 0 Å². The van der Waals surface area contributed by atoms with Crippen LogP contribution in [0.5, 0.6) is 0 Å². The van der Waals surface area contributed by atoms with Crippen LogP contribution < -0.4 is 16.6 Å². The number of nitrogen functional groups attached to an aromatic ring is 1. The third-order valence-corrected chi connectivity index (χ3v) is 3.59. The van der Waals surface area contributed by atoms with E-state index in [1.807, 2.05) is 13.8 Å². The molecule has 2 aromatic rings. The number of hydrogen-bond donors (Lipinski definition) is 3. The Hall–Kier alpha value is -2.14. The van der Waals surface area contributed by atoms with Gasteiger partial charge in [0, 0.05) is 18.5 Å². The van der Waals surface area contributed by atoms with Gasteiger partial charge in [-0.15, -0.1) is 0 Å². The largest absolute Gasteiger partial charge is 0.369 e. The predicted molar refractivity (Wildman–Crippen MR) is 87.3 cm³/mol. The number of hydrogen-bond acceptors (Lipinski definition) is 5. The minimum absolute atomic E-state index is 0.681. The highest BCUT2D eigenvalue weighted by molar-refractivity contribution is 5.56. The van der Waals surface area contributed by atoms with E-state index in [0.29, 0.717) is 5.82 Å². The van der Waals surface area contributed by atoms with E-state index in [4.69, 9.17) is 5.84 Å². The Bertz CT molecular complexity index is 610. The topological polar surface area (TPSA) is 75.9 Å². The summed E-state index contributed by atoms with van der Waals surface area (Å²) in [7, 11) is 0. The summed E-state index contributed by atoms with van der Waals surface area (Å²) in [6, 6.07) is 8.43. The second kappa shape index (κ2) is 7.04. The summed E-state index contributed by atoms with van der Waals surface area (Å²) in [5, 5.41) is 3.39. The normalized spacial score (nSPS) is 10.5. The van der Waals surface area contributed by atoms with E-state index in [0.717, 1.165) is 36.6 Å². The maximum absolute atomic E-state index is 5.51. The zero-order chi connectivity index (χ0) is 15.2. The number of nitrogens with zero attached hydrogens (tertiary/aromatic N) is 2. The fourth-order valence-corrected chi connectivity index (χ4v) is 2.24. The molecule has 5 heteroatoms. The number of aromatic nitrogens is 2. The van der Waals surface area contributed by atoms with Crippen LogP contribution in [0, 0.1) is 13.8 Å². The van der Waals surface area contributed by atoms with Crippen molar-refractivity contribution in [1.29, 1.82) is 0 Å². The van der Waals surface area contributed by atoms with Gasteiger partial charge in [-0.1, -0.05) is 31.2 Å². The van der Waals surface area contributed by atoms with Gasteiger partial charge in [0.1, 0.15) is 17.5 Å². The summed E-state index contributed by atoms with van der Waals surface area (Å²) in [5.74, 6) is 7.83. The molecule has 112 valence electrons. The standard InChI is InChI=1S/C16H23N5/c1-4-14-19-15(12(3)16(20-14)21-17)18-10-9-13-8-6-5-7-11(13)2/h5-8H,4,9-10,17H2,1-3H3,(H2,18,19,20,21). The number of rotatable bonds is 6. The van der Waals surface area contributed by atoms with Gasteiger partial charge in [-0.2, -0.15) is 0 Å². The quantitative estimate of drug-likeness (QED) is 0.562. The highest BCUT2D eigenvalue weighted by Gasteiger charge is 2.09. The molecule has 0 amide bonds. The third-order valence-electron chi connectivity index (χ3n) is 3.59. The van der Waals surface area contributed by atoms with Crippen LogP contribution in [0.4, 0.5) is 11.6 Å². The van der Waals surface area contributed by atoms with Crippen LogP contribution in [0.3, 0.4) is 0 Å². The Morgan fingerprint density at radius 1 is 1.10 bits per heavy atom. The lowest BCUT2D eigenvalue weighted by molar-refractivity contribution is 0.913. The fourth-order valence-electron chi connectivity index (χ4n) is 2.24. The van der Waals surface area contributed by atoms with Crippen molar-refractivity contribution in [2.75, 3.05) is 17.3 Å². The lowest BCUT2D eigenvalue weighted by Gasteiger charge is -2.13. The summed E-state index contributed by atoms with van der Waals surface area (Å²) in [6.07, 6.45) is 1.74. The first-order valence-corrected chi connectivity index (χ1v) is 7.28. The van der Waals surface area contributed by atoms with Crippen LogP contribution in [-0.4, -0.2) is 16.5 Å². The average Bonchev–Trinajstić information content (AvgIpc) is 2.50. The minimum Gasteiger partial charge on any atom is -0.369 e. The van der Waals surface area contributed by atoms with E-state index in [2.05, 4.69) is 51.9 Å². The minimum atomic E-state index is 0.681. The van der Waals surface area contributed by atoms with Gasteiger partial charge in [-0.05, 0) is 31.4 Å². The smallest absolute Gasteiger partial charge is 0.148 e. The van der Waals surface area contributed by atoms with Crippen molar-refractivity contribution in [2.45, 2.75) is 33.6 Å². The van der Waals surface area contributed by atoms with Crippen molar-refractivity contribution >= 4 is 11.6 Å². The van der Waals surface area contributed by atoms with Gasteiger partial charge >= 0.3 is 0 Å². The van der Waals surface area contributed by atoms with Gasteiger partial charge in [0.15, 0.2) is 0 Å².